The topological polar surface area (TPSA) is 116 Å². The summed E-state index contributed by atoms with van der Waals surface area (Å²) in [6.45, 7) is 2.09. The van der Waals surface area contributed by atoms with Gasteiger partial charge in [-0.05, 0) is 42.0 Å². The zero-order valence-corrected chi connectivity index (χ0v) is 25.4. The minimum Gasteiger partial charge on any atom is -0.395 e. The van der Waals surface area contributed by atoms with Gasteiger partial charge >= 0.3 is 0 Å². The quantitative estimate of drug-likeness (QED) is 0.217. The molecular formula is C37H34N4O5. The van der Waals surface area contributed by atoms with Crippen molar-refractivity contribution in [2.24, 2.45) is 5.92 Å². The molecule has 46 heavy (non-hydrogen) atoms. The molecule has 0 fully saturated rings. The van der Waals surface area contributed by atoms with Gasteiger partial charge in [-0.25, -0.2) is 0 Å². The Morgan fingerprint density at radius 1 is 0.935 bits per heavy atom. The van der Waals surface area contributed by atoms with Crippen LogP contribution in [0.4, 0.5) is 11.4 Å². The molecule has 1 aromatic heterocycles. The molecular weight excluding hydrogens is 580 g/mol. The smallest absolute Gasteiger partial charge is 0.279 e. The van der Waals surface area contributed by atoms with Gasteiger partial charge in [-0.1, -0.05) is 85.8 Å². The van der Waals surface area contributed by atoms with Crippen LogP contribution >= 0.6 is 0 Å². The molecule has 0 bridgehead atoms. The molecule has 6 rings (SSSR count). The number of benzene rings is 4. The number of aliphatic hydroxyl groups is 2. The Labute approximate surface area is 266 Å². The Morgan fingerprint density at radius 2 is 1.63 bits per heavy atom. The highest BCUT2D eigenvalue weighted by atomic mass is 16.3. The summed E-state index contributed by atoms with van der Waals surface area (Å²) in [5.41, 5.74) is 0.435. The lowest BCUT2D eigenvalue weighted by molar-refractivity contribution is -0.138. The molecule has 5 aromatic rings. The molecule has 9 heteroatoms. The lowest BCUT2D eigenvalue weighted by Crippen LogP contribution is -2.42. The molecule has 1 aliphatic rings. The van der Waals surface area contributed by atoms with Crippen LogP contribution in [0.15, 0.2) is 126 Å². The van der Waals surface area contributed by atoms with E-state index in [0.29, 0.717) is 39.9 Å². The average Bonchev–Trinajstić information content (AvgIpc) is 3.31. The number of aromatic nitrogens is 2. The zero-order valence-electron chi connectivity index (χ0n) is 25.4. The molecule has 1 aliphatic heterocycles. The number of rotatable bonds is 10. The van der Waals surface area contributed by atoms with Gasteiger partial charge in [-0.3, -0.25) is 19.3 Å². The maximum Gasteiger partial charge on any atom is 0.279 e. The Hall–Kier alpha value is -5.38. The Morgan fingerprint density at radius 3 is 2.37 bits per heavy atom. The number of aliphatic hydroxyl groups excluding tert-OH is 1. The summed E-state index contributed by atoms with van der Waals surface area (Å²) >= 11 is 0. The number of hydrogen-bond donors (Lipinski definition) is 2. The van der Waals surface area contributed by atoms with Crippen molar-refractivity contribution in [2.75, 3.05) is 18.1 Å². The number of carbonyl (C=O) groups is 2. The molecule has 0 saturated carbocycles. The highest BCUT2D eigenvalue weighted by Crippen LogP contribution is 2.48. The maximum absolute atomic E-state index is 14.2. The highest BCUT2D eigenvalue weighted by Gasteiger charge is 2.53. The summed E-state index contributed by atoms with van der Waals surface area (Å²) in [4.78, 5) is 43.7. The van der Waals surface area contributed by atoms with E-state index in [0.717, 1.165) is 5.56 Å². The second kappa shape index (κ2) is 12.9. The van der Waals surface area contributed by atoms with E-state index >= 15 is 0 Å². The number of hydrogen-bond acceptors (Lipinski definition) is 6. The predicted molar refractivity (Wildman–Crippen MR) is 177 cm³/mol. The van der Waals surface area contributed by atoms with Crippen molar-refractivity contribution in [3.05, 3.63) is 143 Å². The predicted octanol–water partition coefficient (Wildman–Crippen LogP) is 4.86. The first-order valence-electron chi connectivity index (χ1n) is 15.2. The molecule has 0 spiro atoms. The summed E-state index contributed by atoms with van der Waals surface area (Å²) in [6, 6.07) is 30.8. The molecule has 232 valence electrons. The van der Waals surface area contributed by atoms with Crippen LogP contribution in [-0.2, 0) is 21.7 Å². The fraction of sp³-hybridized carbons (Fsp3) is 0.189. The third kappa shape index (κ3) is 5.62. The SMILES string of the molecule is C[C@H](/C=C/CC(=O)N(CCO)Cc1ccccc1)[C@@]1(O)C(=O)N(c2ccccc2)c2ccc(-n3ncc4ccccc4c3=O)cc21. The highest BCUT2D eigenvalue weighted by molar-refractivity contribution is 6.12. The van der Waals surface area contributed by atoms with Crippen LogP contribution in [0.2, 0.25) is 0 Å². The standard InChI is InChI=1S/C37H34N4O5/c1-26(11-10-18-34(43)39(21-22-42)25-27-12-4-2-5-13-27)37(46)32-23-30(41-35(44)31-17-9-8-14-28(31)24-38-41)19-20-33(32)40(36(37)45)29-15-6-3-7-16-29/h2-17,19-20,23-24,26,42,46H,18,21-22,25H2,1H3/b11-10+/t26-,37+/m1/s1. The van der Waals surface area contributed by atoms with Crippen molar-refractivity contribution in [3.8, 4) is 5.69 Å². The number of fused-ring (bicyclic) bond motifs is 2. The van der Waals surface area contributed by atoms with Crippen LogP contribution in [-0.4, -0.2) is 49.9 Å². The van der Waals surface area contributed by atoms with Crippen LogP contribution in [0.5, 0.6) is 0 Å². The molecule has 9 nitrogen and oxygen atoms in total. The minimum atomic E-state index is -2.00. The molecule has 0 radical (unpaired) electrons. The van der Waals surface area contributed by atoms with Gasteiger partial charge in [-0.15, -0.1) is 0 Å². The van der Waals surface area contributed by atoms with E-state index in [9.17, 15) is 24.6 Å². The normalized spacial score (nSPS) is 16.6. The second-order valence-electron chi connectivity index (χ2n) is 11.3. The molecule has 0 aliphatic carbocycles. The van der Waals surface area contributed by atoms with E-state index in [1.54, 1.807) is 72.6 Å². The van der Waals surface area contributed by atoms with Crippen molar-refractivity contribution < 1.29 is 19.8 Å². The van der Waals surface area contributed by atoms with Gasteiger partial charge in [0.25, 0.3) is 11.5 Å². The summed E-state index contributed by atoms with van der Waals surface area (Å²) < 4.78 is 1.26. The molecule has 2 N–H and O–H groups in total. The van der Waals surface area contributed by atoms with E-state index in [1.807, 2.05) is 60.7 Å². The fourth-order valence-electron chi connectivity index (χ4n) is 5.96. The Kier molecular flexibility index (Phi) is 8.61. The van der Waals surface area contributed by atoms with E-state index in [2.05, 4.69) is 5.10 Å². The Bertz CT molecular complexity index is 1980. The molecule has 0 unspecified atom stereocenters. The lowest BCUT2D eigenvalue weighted by Gasteiger charge is -2.28. The van der Waals surface area contributed by atoms with Crippen molar-refractivity contribution in [2.45, 2.75) is 25.5 Å². The van der Waals surface area contributed by atoms with Gasteiger partial charge < -0.3 is 15.1 Å². The first-order chi connectivity index (χ1) is 22.3. The first-order valence-corrected chi connectivity index (χ1v) is 15.2. The van der Waals surface area contributed by atoms with Gasteiger partial charge in [0.15, 0.2) is 5.60 Å². The van der Waals surface area contributed by atoms with E-state index < -0.39 is 17.4 Å². The summed E-state index contributed by atoms with van der Waals surface area (Å²) in [6.07, 6.45) is 4.95. The molecule has 2 heterocycles. The molecule has 0 saturated heterocycles. The lowest BCUT2D eigenvalue weighted by atomic mass is 9.82. The van der Waals surface area contributed by atoms with E-state index in [1.165, 1.54) is 9.58 Å². The molecule has 2 amide bonds. The van der Waals surface area contributed by atoms with Crippen LogP contribution in [0.25, 0.3) is 16.5 Å². The van der Waals surface area contributed by atoms with Crippen molar-refractivity contribution >= 4 is 34.0 Å². The van der Waals surface area contributed by atoms with Gasteiger partial charge in [0.05, 0.1) is 29.6 Å². The number of amides is 2. The minimum absolute atomic E-state index is 0.0210. The van der Waals surface area contributed by atoms with E-state index in [-0.39, 0.29) is 31.0 Å². The monoisotopic (exact) mass is 614 g/mol. The zero-order chi connectivity index (χ0) is 32.3. The number of anilines is 2. The number of para-hydroxylation sites is 1. The van der Waals surface area contributed by atoms with Crippen LogP contribution in [0.3, 0.4) is 0 Å². The van der Waals surface area contributed by atoms with Crippen LogP contribution < -0.4 is 10.5 Å². The third-order valence-corrected chi connectivity index (χ3v) is 8.43. The average molecular weight is 615 g/mol. The van der Waals surface area contributed by atoms with E-state index in [4.69, 9.17) is 0 Å². The van der Waals surface area contributed by atoms with Crippen molar-refractivity contribution in [1.29, 1.82) is 0 Å². The van der Waals surface area contributed by atoms with Gasteiger partial charge in [0.2, 0.25) is 5.91 Å². The summed E-state index contributed by atoms with van der Waals surface area (Å²) in [5.74, 6) is -1.49. The van der Waals surface area contributed by atoms with Gasteiger partial charge in [-0.2, -0.15) is 9.78 Å². The maximum atomic E-state index is 14.2. The largest absolute Gasteiger partial charge is 0.395 e. The number of carbonyl (C=O) groups excluding carboxylic acids is 2. The van der Waals surface area contributed by atoms with Crippen molar-refractivity contribution in [1.82, 2.24) is 14.7 Å². The first kappa shape index (κ1) is 30.6. The van der Waals surface area contributed by atoms with Gasteiger partial charge in [0, 0.05) is 42.1 Å². The third-order valence-electron chi connectivity index (χ3n) is 8.43. The van der Waals surface area contributed by atoms with Crippen molar-refractivity contribution in [3.63, 3.8) is 0 Å². The summed E-state index contributed by atoms with van der Waals surface area (Å²) in [7, 11) is 0. The number of nitrogens with zero attached hydrogens (tertiary/aromatic N) is 4. The van der Waals surface area contributed by atoms with Crippen LogP contribution in [0.1, 0.15) is 24.5 Å². The second-order valence-corrected chi connectivity index (χ2v) is 11.3. The fourth-order valence-corrected chi connectivity index (χ4v) is 5.96. The molecule has 4 aromatic carbocycles. The Balaban J connectivity index is 1.34. The van der Waals surface area contributed by atoms with Gasteiger partial charge in [0.1, 0.15) is 0 Å². The summed E-state index contributed by atoms with van der Waals surface area (Å²) in [5, 5.41) is 27.4. The molecule has 2 atom stereocenters. The van der Waals surface area contributed by atoms with Crippen LogP contribution in [0, 0.1) is 5.92 Å².